The van der Waals surface area contributed by atoms with Crippen molar-refractivity contribution in [1.29, 1.82) is 0 Å². The van der Waals surface area contributed by atoms with Gasteiger partial charge in [-0.05, 0) is 37.8 Å². The van der Waals surface area contributed by atoms with Crippen LogP contribution in [0.5, 0.6) is 0 Å². The third-order valence-corrected chi connectivity index (χ3v) is 3.48. The van der Waals surface area contributed by atoms with E-state index in [0.717, 1.165) is 11.3 Å². The number of aryl methyl sites for hydroxylation is 1. The molecule has 0 saturated carbocycles. The Kier molecular flexibility index (Phi) is 4.34. The number of hydrogen-bond acceptors (Lipinski definition) is 5. The minimum absolute atomic E-state index is 0.304. The van der Waals surface area contributed by atoms with Crippen molar-refractivity contribution >= 4 is 23.5 Å². The molecule has 20 heavy (non-hydrogen) atoms. The van der Waals surface area contributed by atoms with Crippen LogP contribution in [0.2, 0.25) is 0 Å². The van der Waals surface area contributed by atoms with Crippen molar-refractivity contribution < 1.29 is 9.53 Å². The zero-order valence-corrected chi connectivity index (χ0v) is 12.5. The van der Waals surface area contributed by atoms with E-state index in [2.05, 4.69) is 5.10 Å². The number of rotatable bonds is 4. The lowest BCUT2D eigenvalue weighted by Gasteiger charge is -2.05. The summed E-state index contributed by atoms with van der Waals surface area (Å²) < 4.78 is 6.61. The van der Waals surface area contributed by atoms with E-state index < -0.39 is 5.97 Å². The Morgan fingerprint density at radius 3 is 2.85 bits per heavy atom. The van der Waals surface area contributed by atoms with Crippen LogP contribution >= 0.6 is 11.8 Å². The summed E-state index contributed by atoms with van der Waals surface area (Å²) >= 11 is 1.37. The van der Waals surface area contributed by atoms with E-state index in [1.165, 1.54) is 11.8 Å². The minimum Gasteiger partial charge on any atom is -0.462 e. The van der Waals surface area contributed by atoms with Gasteiger partial charge in [-0.15, -0.1) is 11.8 Å². The number of hydrogen-bond donors (Lipinski definition) is 1. The number of carbonyl (C=O) groups excluding carboxylic acids is 1. The number of esters is 1. The van der Waals surface area contributed by atoms with Crippen molar-refractivity contribution in [2.45, 2.75) is 18.9 Å². The lowest BCUT2D eigenvalue weighted by molar-refractivity contribution is 0.0523. The summed E-state index contributed by atoms with van der Waals surface area (Å²) in [5.41, 5.74) is 8.34. The summed E-state index contributed by atoms with van der Waals surface area (Å²) in [4.78, 5) is 12.0. The molecule has 5 nitrogen and oxygen atoms in total. The quantitative estimate of drug-likeness (QED) is 0.692. The van der Waals surface area contributed by atoms with Crippen LogP contribution in [0.15, 0.2) is 29.3 Å². The molecule has 0 amide bonds. The first-order chi connectivity index (χ1) is 9.58. The topological polar surface area (TPSA) is 70.1 Å². The first-order valence-electron chi connectivity index (χ1n) is 6.25. The van der Waals surface area contributed by atoms with Gasteiger partial charge in [-0.25, -0.2) is 9.48 Å². The van der Waals surface area contributed by atoms with Crippen LogP contribution in [0.4, 0.5) is 5.82 Å². The van der Waals surface area contributed by atoms with E-state index in [4.69, 9.17) is 10.5 Å². The van der Waals surface area contributed by atoms with E-state index in [-0.39, 0.29) is 0 Å². The van der Waals surface area contributed by atoms with Crippen molar-refractivity contribution in [1.82, 2.24) is 9.78 Å². The minimum atomic E-state index is -0.437. The fraction of sp³-hybridized carbons (Fsp3) is 0.286. The Bertz CT molecular complexity index is 637. The number of anilines is 1. The molecule has 1 heterocycles. The van der Waals surface area contributed by atoms with Gasteiger partial charge in [-0.1, -0.05) is 12.1 Å². The molecule has 1 aromatic heterocycles. The van der Waals surface area contributed by atoms with Crippen molar-refractivity contribution in [2.24, 2.45) is 0 Å². The molecule has 0 aliphatic carbocycles. The highest BCUT2D eigenvalue weighted by Crippen LogP contribution is 2.28. The van der Waals surface area contributed by atoms with E-state index in [1.807, 2.05) is 37.4 Å². The zero-order valence-electron chi connectivity index (χ0n) is 11.7. The molecule has 0 unspecified atom stereocenters. The van der Waals surface area contributed by atoms with E-state index in [0.29, 0.717) is 23.0 Å². The molecule has 106 valence electrons. The number of benzene rings is 1. The summed E-state index contributed by atoms with van der Waals surface area (Å²) in [6, 6.07) is 7.78. The molecule has 0 aliphatic rings. The van der Waals surface area contributed by atoms with E-state index in [1.54, 1.807) is 11.6 Å². The Morgan fingerprint density at radius 1 is 1.50 bits per heavy atom. The van der Waals surface area contributed by atoms with Crippen LogP contribution in [0.3, 0.4) is 0 Å². The summed E-state index contributed by atoms with van der Waals surface area (Å²) in [6.07, 6.45) is 1.85. The average Bonchev–Trinajstić information content (AvgIpc) is 2.76. The van der Waals surface area contributed by atoms with Gasteiger partial charge in [0.15, 0.2) is 0 Å². The molecule has 0 spiro atoms. The van der Waals surface area contributed by atoms with Gasteiger partial charge in [0.1, 0.15) is 16.4 Å². The molecule has 6 heteroatoms. The Hall–Kier alpha value is -1.95. The Labute approximate surface area is 122 Å². The number of nitrogens with two attached hydrogens (primary N) is 1. The van der Waals surface area contributed by atoms with Gasteiger partial charge in [0.05, 0.1) is 12.3 Å². The van der Waals surface area contributed by atoms with Crippen molar-refractivity contribution in [3.8, 4) is 5.69 Å². The second-order valence-corrected chi connectivity index (χ2v) is 5.04. The van der Waals surface area contributed by atoms with Crippen LogP contribution in [-0.2, 0) is 4.74 Å². The van der Waals surface area contributed by atoms with Crippen molar-refractivity contribution in [2.75, 3.05) is 18.6 Å². The molecule has 0 bridgehead atoms. The number of thioether (sulfide) groups is 1. The van der Waals surface area contributed by atoms with Gasteiger partial charge in [0.25, 0.3) is 0 Å². The molecule has 2 aromatic rings. The maximum atomic E-state index is 12.0. The predicted molar refractivity (Wildman–Crippen MR) is 80.5 cm³/mol. The number of aromatic nitrogens is 2. The fourth-order valence-corrected chi connectivity index (χ4v) is 2.46. The second-order valence-electron chi connectivity index (χ2n) is 4.24. The van der Waals surface area contributed by atoms with Gasteiger partial charge in [0, 0.05) is 0 Å². The standard InChI is InChI=1S/C14H17N3O2S/c1-4-19-14(18)11-12(15)17(16-13(11)20-3)10-7-5-6-9(2)8-10/h5-8H,4,15H2,1-3H3. The smallest absolute Gasteiger partial charge is 0.344 e. The van der Waals surface area contributed by atoms with Gasteiger partial charge in [-0.2, -0.15) is 5.10 Å². The molecule has 0 aliphatic heterocycles. The summed E-state index contributed by atoms with van der Waals surface area (Å²) in [5.74, 6) is -0.133. The molecular weight excluding hydrogens is 274 g/mol. The van der Waals surface area contributed by atoms with Crippen LogP contribution in [0, 0.1) is 6.92 Å². The van der Waals surface area contributed by atoms with Gasteiger partial charge < -0.3 is 10.5 Å². The van der Waals surface area contributed by atoms with Crippen LogP contribution < -0.4 is 5.73 Å². The largest absolute Gasteiger partial charge is 0.462 e. The summed E-state index contributed by atoms with van der Waals surface area (Å²) in [5, 5.41) is 4.97. The maximum Gasteiger partial charge on any atom is 0.344 e. The lowest BCUT2D eigenvalue weighted by Crippen LogP contribution is -2.09. The monoisotopic (exact) mass is 291 g/mol. The van der Waals surface area contributed by atoms with Crippen LogP contribution in [0.1, 0.15) is 22.8 Å². The number of nitrogens with zero attached hydrogens (tertiary/aromatic N) is 2. The van der Waals surface area contributed by atoms with E-state index in [9.17, 15) is 4.79 Å². The van der Waals surface area contributed by atoms with Crippen molar-refractivity contribution in [3.05, 3.63) is 35.4 Å². The molecule has 0 saturated heterocycles. The SMILES string of the molecule is CCOC(=O)c1c(SC)nn(-c2cccc(C)c2)c1N. The zero-order chi connectivity index (χ0) is 14.7. The first-order valence-corrected chi connectivity index (χ1v) is 7.47. The third-order valence-electron chi connectivity index (χ3n) is 2.81. The highest BCUT2D eigenvalue weighted by molar-refractivity contribution is 7.98. The number of nitrogen functional groups attached to an aromatic ring is 1. The van der Waals surface area contributed by atoms with Crippen molar-refractivity contribution in [3.63, 3.8) is 0 Å². The Balaban J connectivity index is 2.54. The van der Waals surface area contributed by atoms with Gasteiger partial charge in [0.2, 0.25) is 0 Å². The normalized spacial score (nSPS) is 10.6. The Morgan fingerprint density at radius 2 is 2.25 bits per heavy atom. The molecule has 2 rings (SSSR count). The van der Waals surface area contributed by atoms with Gasteiger partial charge >= 0.3 is 5.97 Å². The molecule has 0 fully saturated rings. The second kappa shape index (κ2) is 6.00. The average molecular weight is 291 g/mol. The molecular formula is C14H17N3O2S. The molecule has 1 aromatic carbocycles. The summed E-state index contributed by atoms with van der Waals surface area (Å²) in [7, 11) is 0. The van der Waals surface area contributed by atoms with Crippen LogP contribution in [0.25, 0.3) is 5.69 Å². The summed E-state index contributed by atoms with van der Waals surface area (Å²) in [6.45, 7) is 4.06. The first kappa shape index (κ1) is 14.5. The fourth-order valence-electron chi connectivity index (χ4n) is 1.90. The highest BCUT2D eigenvalue weighted by Gasteiger charge is 2.23. The number of carbonyl (C=O) groups is 1. The number of ether oxygens (including phenoxy) is 1. The van der Waals surface area contributed by atoms with Crippen LogP contribution in [-0.4, -0.2) is 28.6 Å². The maximum absolute atomic E-state index is 12.0. The lowest BCUT2D eigenvalue weighted by atomic mass is 10.2. The van der Waals surface area contributed by atoms with E-state index >= 15 is 0 Å². The predicted octanol–water partition coefficient (Wildman–Crippen LogP) is 2.66. The highest BCUT2D eigenvalue weighted by atomic mass is 32.2. The molecule has 0 radical (unpaired) electrons. The molecule has 0 atom stereocenters. The van der Waals surface area contributed by atoms with Gasteiger partial charge in [-0.3, -0.25) is 0 Å². The molecule has 2 N–H and O–H groups in total. The third kappa shape index (κ3) is 2.65.